The molecule has 1 atom stereocenters. The van der Waals surface area contributed by atoms with E-state index in [9.17, 15) is 5.11 Å². The lowest BCUT2D eigenvalue weighted by molar-refractivity contribution is 0.218. The summed E-state index contributed by atoms with van der Waals surface area (Å²) in [5.74, 6) is 1.27. The lowest BCUT2D eigenvalue weighted by Crippen LogP contribution is -2.05. The SMILES string of the molecule is COc1cc(C)c(C(O)c2cc(I)ccc2Br)cc1OC. The molecule has 0 aromatic heterocycles. The first-order valence-electron chi connectivity index (χ1n) is 6.33. The van der Waals surface area contributed by atoms with Crippen molar-refractivity contribution in [2.45, 2.75) is 13.0 Å². The van der Waals surface area contributed by atoms with Gasteiger partial charge in [-0.25, -0.2) is 0 Å². The van der Waals surface area contributed by atoms with E-state index < -0.39 is 6.10 Å². The molecule has 1 unspecified atom stereocenters. The molecule has 0 fully saturated rings. The molecule has 2 aromatic carbocycles. The Labute approximate surface area is 146 Å². The van der Waals surface area contributed by atoms with Crippen molar-refractivity contribution in [2.24, 2.45) is 0 Å². The minimum atomic E-state index is -0.728. The van der Waals surface area contributed by atoms with E-state index in [1.54, 1.807) is 14.2 Å². The zero-order valence-electron chi connectivity index (χ0n) is 12.0. The Hall–Kier alpha value is -0.790. The number of aryl methyl sites for hydroxylation is 1. The largest absolute Gasteiger partial charge is 0.493 e. The fraction of sp³-hybridized carbons (Fsp3) is 0.250. The monoisotopic (exact) mass is 462 g/mol. The van der Waals surface area contributed by atoms with Crippen LogP contribution < -0.4 is 9.47 Å². The topological polar surface area (TPSA) is 38.7 Å². The Morgan fingerprint density at radius 1 is 1.05 bits per heavy atom. The van der Waals surface area contributed by atoms with E-state index in [-0.39, 0.29) is 0 Å². The van der Waals surface area contributed by atoms with Crippen LogP contribution in [0.4, 0.5) is 0 Å². The molecule has 0 spiro atoms. The summed E-state index contributed by atoms with van der Waals surface area (Å²) in [6.07, 6.45) is -0.728. The number of aliphatic hydroxyl groups excluding tert-OH is 1. The Bertz CT molecular complexity index is 658. The number of methoxy groups -OCH3 is 2. The van der Waals surface area contributed by atoms with Crippen LogP contribution in [0.15, 0.2) is 34.8 Å². The predicted octanol–water partition coefficient (Wildman–Crippen LogP) is 4.46. The van der Waals surface area contributed by atoms with Crippen molar-refractivity contribution in [1.29, 1.82) is 0 Å². The average molecular weight is 463 g/mol. The van der Waals surface area contributed by atoms with E-state index >= 15 is 0 Å². The van der Waals surface area contributed by atoms with E-state index in [0.29, 0.717) is 11.5 Å². The van der Waals surface area contributed by atoms with Crippen LogP contribution in [-0.2, 0) is 0 Å². The van der Waals surface area contributed by atoms with Gasteiger partial charge in [0.15, 0.2) is 11.5 Å². The zero-order valence-corrected chi connectivity index (χ0v) is 15.7. The quantitative estimate of drug-likeness (QED) is 0.681. The van der Waals surface area contributed by atoms with Crippen molar-refractivity contribution in [3.8, 4) is 11.5 Å². The van der Waals surface area contributed by atoms with Crippen LogP contribution in [0, 0.1) is 10.5 Å². The molecule has 1 N–H and O–H groups in total. The molecule has 0 bridgehead atoms. The van der Waals surface area contributed by atoms with Gasteiger partial charge in [0, 0.05) is 13.6 Å². The van der Waals surface area contributed by atoms with E-state index in [2.05, 4.69) is 38.5 Å². The van der Waals surface area contributed by atoms with Crippen molar-refractivity contribution in [1.82, 2.24) is 0 Å². The van der Waals surface area contributed by atoms with Crippen LogP contribution in [0.3, 0.4) is 0 Å². The number of hydrogen-bond donors (Lipinski definition) is 1. The smallest absolute Gasteiger partial charge is 0.161 e. The molecule has 0 saturated carbocycles. The van der Waals surface area contributed by atoms with Crippen LogP contribution in [0.2, 0.25) is 0 Å². The van der Waals surface area contributed by atoms with Gasteiger partial charge in [-0.3, -0.25) is 0 Å². The second kappa shape index (κ2) is 6.98. The summed E-state index contributed by atoms with van der Waals surface area (Å²) < 4.78 is 12.6. The highest BCUT2D eigenvalue weighted by molar-refractivity contribution is 14.1. The van der Waals surface area contributed by atoms with Crippen LogP contribution in [0.25, 0.3) is 0 Å². The van der Waals surface area contributed by atoms with Gasteiger partial charge in [-0.15, -0.1) is 0 Å². The average Bonchev–Trinajstić information content (AvgIpc) is 2.48. The number of hydrogen-bond acceptors (Lipinski definition) is 3. The van der Waals surface area contributed by atoms with Gasteiger partial charge in [0.05, 0.1) is 14.2 Å². The summed E-state index contributed by atoms with van der Waals surface area (Å²) in [5.41, 5.74) is 2.58. The lowest BCUT2D eigenvalue weighted by atomic mass is 9.97. The Balaban J connectivity index is 2.52. The van der Waals surface area contributed by atoms with Crippen molar-refractivity contribution in [3.05, 3.63) is 55.1 Å². The number of ether oxygens (including phenoxy) is 2. The third kappa shape index (κ3) is 3.52. The van der Waals surface area contributed by atoms with Gasteiger partial charge < -0.3 is 14.6 Å². The summed E-state index contributed by atoms with van der Waals surface area (Å²) >= 11 is 5.73. The normalized spacial score (nSPS) is 12.1. The van der Waals surface area contributed by atoms with Crippen molar-refractivity contribution in [2.75, 3.05) is 14.2 Å². The molecule has 21 heavy (non-hydrogen) atoms. The van der Waals surface area contributed by atoms with Crippen molar-refractivity contribution >= 4 is 38.5 Å². The lowest BCUT2D eigenvalue weighted by Gasteiger charge is -2.18. The highest BCUT2D eigenvalue weighted by Crippen LogP contribution is 2.37. The second-order valence-electron chi connectivity index (χ2n) is 4.63. The first-order chi connectivity index (χ1) is 9.97. The molecule has 0 saturated heterocycles. The minimum Gasteiger partial charge on any atom is -0.493 e. The fourth-order valence-corrected chi connectivity index (χ4v) is 3.16. The Kier molecular flexibility index (Phi) is 5.51. The number of halogens is 2. The van der Waals surface area contributed by atoms with Gasteiger partial charge >= 0.3 is 0 Å². The van der Waals surface area contributed by atoms with Gasteiger partial charge in [0.25, 0.3) is 0 Å². The van der Waals surface area contributed by atoms with Crippen molar-refractivity contribution < 1.29 is 14.6 Å². The first kappa shape index (κ1) is 16.6. The van der Waals surface area contributed by atoms with E-state index in [4.69, 9.17) is 9.47 Å². The standard InChI is InChI=1S/C16H16BrIO3/c1-9-6-14(20-2)15(21-3)8-11(9)16(19)12-7-10(18)4-5-13(12)17/h4-8,16,19H,1-3H3. The molecule has 0 aliphatic carbocycles. The zero-order chi connectivity index (χ0) is 15.6. The van der Waals surface area contributed by atoms with E-state index in [1.165, 1.54) is 0 Å². The molecule has 5 heteroatoms. The molecule has 0 amide bonds. The number of benzene rings is 2. The van der Waals surface area contributed by atoms with Gasteiger partial charge in [0.2, 0.25) is 0 Å². The van der Waals surface area contributed by atoms with Crippen LogP contribution in [0.5, 0.6) is 11.5 Å². The highest BCUT2D eigenvalue weighted by atomic mass is 127. The van der Waals surface area contributed by atoms with Crippen LogP contribution >= 0.6 is 38.5 Å². The Morgan fingerprint density at radius 2 is 1.67 bits per heavy atom. The molecule has 0 aliphatic heterocycles. The molecule has 2 rings (SSSR count). The molecule has 0 aliphatic rings. The predicted molar refractivity (Wildman–Crippen MR) is 95.2 cm³/mol. The summed E-state index contributed by atoms with van der Waals surface area (Å²) in [7, 11) is 3.19. The molecule has 0 heterocycles. The van der Waals surface area contributed by atoms with Crippen LogP contribution in [0.1, 0.15) is 22.8 Å². The summed E-state index contributed by atoms with van der Waals surface area (Å²) in [5, 5.41) is 10.7. The fourth-order valence-electron chi connectivity index (χ4n) is 2.18. The third-order valence-corrected chi connectivity index (χ3v) is 4.71. The maximum absolute atomic E-state index is 10.7. The molecule has 0 radical (unpaired) electrons. The van der Waals surface area contributed by atoms with Gasteiger partial charge in [-0.2, -0.15) is 0 Å². The molecule has 3 nitrogen and oxygen atoms in total. The molecule has 2 aromatic rings. The third-order valence-electron chi connectivity index (χ3n) is 3.32. The van der Waals surface area contributed by atoms with Gasteiger partial charge in [-0.05, 0) is 71.0 Å². The summed E-state index contributed by atoms with van der Waals surface area (Å²) in [6, 6.07) is 9.59. The Morgan fingerprint density at radius 3 is 2.29 bits per heavy atom. The molecular weight excluding hydrogens is 447 g/mol. The number of rotatable bonds is 4. The summed E-state index contributed by atoms with van der Waals surface area (Å²) in [6.45, 7) is 1.95. The minimum absolute atomic E-state index is 0.610. The van der Waals surface area contributed by atoms with Crippen LogP contribution in [-0.4, -0.2) is 19.3 Å². The maximum Gasteiger partial charge on any atom is 0.161 e. The summed E-state index contributed by atoms with van der Waals surface area (Å²) in [4.78, 5) is 0. The number of aliphatic hydroxyl groups is 1. The molecular formula is C16H16BrIO3. The highest BCUT2D eigenvalue weighted by Gasteiger charge is 2.19. The van der Waals surface area contributed by atoms with Crippen molar-refractivity contribution in [3.63, 3.8) is 0 Å². The van der Waals surface area contributed by atoms with Gasteiger partial charge in [-0.1, -0.05) is 15.9 Å². The second-order valence-corrected chi connectivity index (χ2v) is 6.73. The van der Waals surface area contributed by atoms with E-state index in [1.807, 2.05) is 37.3 Å². The van der Waals surface area contributed by atoms with Gasteiger partial charge in [0.1, 0.15) is 6.10 Å². The molecule has 112 valence electrons. The maximum atomic E-state index is 10.7. The first-order valence-corrected chi connectivity index (χ1v) is 8.20. The van der Waals surface area contributed by atoms with E-state index in [0.717, 1.165) is 24.7 Å².